The molecule has 0 atom stereocenters. The lowest BCUT2D eigenvalue weighted by Gasteiger charge is -2.24. The molecule has 0 N–H and O–H groups in total. The lowest BCUT2D eigenvalue weighted by molar-refractivity contribution is 0.658. The van der Waals surface area contributed by atoms with E-state index in [1.165, 1.54) is 27.4 Å². The molecule has 0 fully saturated rings. The first-order chi connectivity index (χ1) is 27.0. The van der Waals surface area contributed by atoms with Crippen LogP contribution in [0.5, 0.6) is 0 Å². The molecule has 0 saturated heterocycles. The minimum Gasteiger partial charge on any atom is -0.309 e. The van der Waals surface area contributed by atoms with Crippen LogP contribution in [0.25, 0.3) is 89.5 Å². The van der Waals surface area contributed by atoms with Gasteiger partial charge in [0.25, 0.3) is 0 Å². The first-order valence-corrected chi connectivity index (χ1v) is 18.8. The molecular weight excluding hydrogens is 671 g/mol. The van der Waals surface area contributed by atoms with E-state index in [1.807, 2.05) is 12.1 Å². The molecule has 3 heterocycles. The van der Waals surface area contributed by atoms with Gasteiger partial charge in [-0.05, 0) is 60.2 Å². The molecule has 0 bridgehead atoms. The lowest BCUT2D eigenvalue weighted by Crippen LogP contribution is -2.17. The molecule has 7 aromatic carbocycles. The van der Waals surface area contributed by atoms with Gasteiger partial charge >= 0.3 is 0 Å². The van der Waals surface area contributed by atoms with Gasteiger partial charge in [0.1, 0.15) is 5.82 Å². The molecule has 3 aromatic heterocycles. The Balaban J connectivity index is 1.09. The zero-order chi connectivity index (χ0) is 36.7. The van der Waals surface area contributed by atoms with Crippen molar-refractivity contribution in [2.24, 2.45) is 0 Å². The predicted molar refractivity (Wildman–Crippen MR) is 225 cm³/mol. The van der Waals surface area contributed by atoms with Gasteiger partial charge in [0.15, 0.2) is 5.82 Å². The van der Waals surface area contributed by atoms with Gasteiger partial charge in [-0.15, -0.1) is 0 Å². The zero-order valence-electron chi connectivity index (χ0n) is 30.5. The van der Waals surface area contributed by atoms with Gasteiger partial charge in [0.05, 0.1) is 33.5 Å². The highest BCUT2D eigenvalue weighted by atomic mass is 15.1. The highest BCUT2D eigenvalue weighted by Crippen LogP contribution is 2.51. The Bertz CT molecular complexity index is 3060. The third-order valence-electron chi connectivity index (χ3n) is 11.3. The summed E-state index contributed by atoms with van der Waals surface area (Å²) in [6.07, 6.45) is 0. The average Bonchev–Trinajstić information content (AvgIpc) is 3.87. The van der Waals surface area contributed by atoms with Crippen molar-refractivity contribution in [3.63, 3.8) is 0 Å². The number of imidazole rings is 1. The molecule has 1 aliphatic carbocycles. The van der Waals surface area contributed by atoms with Crippen molar-refractivity contribution in [1.29, 1.82) is 0 Å². The second-order valence-corrected chi connectivity index (χ2v) is 14.9. The Morgan fingerprint density at radius 3 is 1.80 bits per heavy atom. The van der Waals surface area contributed by atoms with Crippen molar-refractivity contribution in [3.05, 3.63) is 187 Å². The second-order valence-electron chi connectivity index (χ2n) is 14.9. The van der Waals surface area contributed by atoms with Gasteiger partial charge in [-0.3, -0.25) is 4.57 Å². The molecule has 0 saturated carbocycles. The van der Waals surface area contributed by atoms with E-state index in [0.29, 0.717) is 5.82 Å². The first-order valence-electron chi connectivity index (χ1n) is 18.8. The number of nitrogens with zero attached hydrogens (tertiary/aromatic N) is 5. The van der Waals surface area contributed by atoms with Crippen molar-refractivity contribution < 1.29 is 0 Å². The standard InChI is InChI=1S/C50H35N5/c1-50(2)40-22-9-6-21-39(40)47-45(50)46(32-27-29-36(30-28-32)54-42-24-11-7-19-37(42)38-20-8-12-25-43(38)54)52-48(53-47)33-15-14-16-34(31-33)49-51-41-23-10-13-26-44(41)55(49)35-17-4-3-5-18-35/h3-31H,1-2H3. The van der Waals surface area contributed by atoms with Crippen LogP contribution < -0.4 is 0 Å². The van der Waals surface area contributed by atoms with E-state index < -0.39 is 0 Å². The van der Waals surface area contributed by atoms with E-state index in [-0.39, 0.29) is 5.41 Å². The maximum atomic E-state index is 5.47. The van der Waals surface area contributed by atoms with E-state index in [1.54, 1.807) is 0 Å². The van der Waals surface area contributed by atoms with Crippen molar-refractivity contribution in [2.45, 2.75) is 19.3 Å². The summed E-state index contributed by atoms with van der Waals surface area (Å²) in [4.78, 5) is 16.0. The fourth-order valence-electron chi connectivity index (χ4n) is 8.78. The molecule has 0 amide bonds. The number of benzene rings is 7. The van der Waals surface area contributed by atoms with Gasteiger partial charge in [-0.1, -0.05) is 135 Å². The van der Waals surface area contributed by atoms with Crippen LogP contribution in [-0.4, -0.2) is 24.1 Å². The summed E-state index contributed by atoms with van der Waals surface area (Å²) in [7, 11) is 0. The van der Waals surface area contributed by atoms with E-state index in [0.717, 1.165) is 67.4 Å². The van der Waals surface area contributed by atoms with Crippen molar-refractivity contribution >= 4 is 32.8 Å². The molecule has 11 rings (SSSR count). The summed E-state index contributed by atoms with van der Waals surface area (Å²) in [5.74, 6) is 1.57. The van der Waals surface area contributed by atoms with Gasteiger partial charge in [0, 0.05) is 55.4 Å². The molecule has 5 heteroatoms. The molecule has 5 nitrogen and oxygen atoms in total. The smallest absolute Gasteiger partial charge is 0.160 e. The monoisotopic (exact) mass is 705 g/mol. The molecule has 55 heavy (non-hydrogen) atoms. The maximum Gasteiger partial charge on any atom is 0.160 e. The maximum absolute atomic E-state index is 5.47. The van der Waals surface area contributed by atoms with Crippen LogP contribution in [0.1, 0.15) is 25.0 Å². The van der Waals surface area contributed by atoms with Gasteiger partial charge < -0.3 is 4.57 Å². The highest BCUT2D eigenvalue weighted by molar-refractivity contribution is 6.09. The summed E-state index contributed by atoms with van der Waals surface area (Å²) in [6, 6.07) is 62.1. The number of rotatable bonds is 5. The molecule has 0 aliphatic heterocycles. The third-order valence-corrected chi connectivity index (χ3v) is 11.3. The second kappa shape index (κ2) is 12.0. The van der Waals surface area contributed by atoms with Crippen LogP contribution in [0, 0.1) is 0 Å². The zero-order valence-corrected chi connectivity index (χ0v) is 30.5. The van der Waals surface area contributed by atoms with Crippen molar-refractivity contribution in [1.82, 2.24) is 24.1 Å². The Labute approximate surface area is 318 Å². The average molecular weight is 706 g/mol. The number of hydrogen-bond donors (Lipinski definition) is 0. The van der Waals surface area contributed by atoms with Crippen molar-refractivity contribution in [2.75, 3.05) is 0 Å². The molecule has 0 spiro atoms. The molecule has 1 aliphatic rings. The van der Waals surface area contributed by atoms with Crippen LogP contribution in [0.15, 0.2) is 176 Å². The fraction of sp³-hybridized carbons (Fsp3) is 0.0600. The van der Waals surface area contributed by atoms with Gasteiger partial charge in [0.2, 0.25) is 0 Å². The van der Waals surface area contributed by atoms with Crippen molar-refractivity contribution in [3.8, 4) is 56.7 Å². The number of fused-ring (bicyclic) bond motifs is 7. The third kappa shape index (κ3) is 4.76. The normalized spacial score (nSPS) is 13.1. The Morgan fingerprint density at radius 1 is 0.436 bits per heavy atom. The topological polar surface area (TPSA) is 48.5 Å². The van der Waals surface area contributed by atoms with Gasteiger partial charge in [-0.25, -0.2) is 15.0 Å². The molecule has 10 aromatic rings. The number of hydrogen-bond acceptors (Lipinski definition) is 3. The van der Waals surface area contributed by atoms with Crippen LogP contribution in [0.4, 0.5) is 0 Å². The summed E-state index contributed by atoms with van der Waals surface area (Å²) < 4.78 is 4.60. The minimum atomic E-state index is -0.284. The van der Waals surface area contributed by atoms with E-state index in [9.17, 15) is 0 Å². The summed E-state index contributed by atoms with van der Waals surface area (Å²) in [6.45, 7) is 4.59. The summed E-state index contributed by atoms with van der Waals surface area (Å²) >= 11 is 0. The summed E-state index contributed by atoms with van der Waals surface area (Å²) in [5.41, 5.74) is 14.8. The SMILES string of the molecule is CC1(C)c2ccccc2-c2nc(-c3cccc(-c4nc5ccccc5n4-c4ccccc4)c3)nc(-c3ccc(-n4c5ccccc5c5ccccc54)cc3)c21. The number of aromatic nitrogens is 5. The minimum absolute atomic E-state index is 0.284. The lowest BCUT2D eigenvalue weighted by atomic mass is 9.81. The van der Waals surface area contributed by atoms with E-state index in [4.69, 9.17) is 15.0 Å². The predicted octanol–water partition coefficient (Wildman–Crippen LogP) is 12.2. The number of para-hydroxylation sites is 5. The van der Waals surface area contributed by atoms with E-state index in [2.05, 4.69) is 187 Å². The Morgan fingerprint density at radius 2 is 1.04 bits per heavy atom. The van der Waals surface area contributed by atoms with Crippen LogP contribution in [0.2, 0.25) is 0 Å². The molecular formula is C50H35N5. The molecule has 260 valence electrons. The van der Waals surface area contributed by atoms with E-state index >= 15 is 0 Å². The Hall–Kier alpha value is -7.11. The highest BCUT2D eigenvalue weighted by Gasteiger charge is 2.40. The first kappa shape index (κ1) is 31.4. The Kier molecular flexibility index (Phi) is 6.83. The van der Waals surface area contributed by atoms with Gasteiger partial charge in [-0.2, -0.15) is 0 Å². The molecule has 0 unspecified atom stereocenters. The molecule has 0 radical (unpaired) electrons. The van der Waals surface area contributed by atoms with Crippen LogP contribution in [-0.2, 0) is 5.41 Å². The van der Waals surface area contributed by atoms with Crippen LogP contribution in [0.3, 0.4) is 0 Å². The van der Waals surface area contributed by atoms with Crippen LogP contribution >= 0.6 is 0 Å². The quantitative estimate of drug-likeness (QED) is 0.179. The fourth-order valence-corrected chi connectivity index (χ4v) is 8.78. The summed E-state index contributed by atoms with van der Waals surface area (Å²) in [5, 5.41) is 2.50. The largest absolute Gasteiger partial charge is 0.309 e.